The van der Waals surface area contributed by atoms with Crippen LogP contribution >= 0.6 is 0 Å². The van der Waals surface area contributed by atoms with Gasteiger partial charge in [0.2, 0.25) is 0 Å². The summed E-state index contributed by atoms with van der Waals surface area (Å²) < 4.78 is 2.00. The topological polar surface area (TPSA) is 50.9 Å². The zero-order valence-corrected chi connectivity index (χ0v) is 10.0. The van der Waals surface area contributed by atoms with Gasteiger partial charge in [-0.15, -0.1) is 0 Å². The first kappa shape index (κ1) is 10.8. The van der Waals surface area contributed by atoms with Gasteiger partial charge in [0.05, 0.1) is 6.54 Å². The number of phenolic OH excluding ortho intramolecular Hbond substituents is 1. The zero-order chi connectivity index (χ0) is 12.5. The number of aromatic nitrogens is 3. The van der Waals surface area contributed by atoms with Gasteiger partial charge in [0, 0.05) is 11.8 Å². The minimum atomic E-state index is 0.301. The van der Waals surface area contributed by atoms with E-state index in [0.717, 1.165) is 22.6 Å². The third kappa shape index (κ3) is 1.72. The van der Waals surface area contributed by atoms with Gasteiger partial charge in [0.25, 0.3) is 0 Å². The van der Waals surface area contributed by atoms with Gasteiger partial charge in [-0.25, -0.2) is 9.97 Å². The molecule has 0 spiro atoms. The molecule has 0 aliphatic heterocycles. The molecule has 0 bridgehead atoms. The fraction of sp³-hybridized carbons (Fsp3) is 0.143. The molecule has 3 rings (SSSR count). The van der Waals surface area contributed by atoms with E-state index in [-0.39, 0.29) is 0 Å². The van der Waals surface area contributed by atoms with Crippen LogP contribution in [0.2, 0.25) is 0 Å². The number of pyridine rings is 1. The van der Waals surface area contributed by atoms with E-state index < -0.39 is 0 Å². The molecular weight excluding hydrogens is 226 g/mol. The normalized spacial score (nSPS) is 10.9. The second-order valence-electron chi connectivity index (χ2n) is 4.22. The molecule has 1 N–H and O–H groups in total. The van der Waals surface area contributed by atoms with Gasteiger partial charge in [-0.2, -0.15) is 0 Å². The number of rotatable bonds is 2. The van der Waals surface area contributed by atoms with Crippen molar-refractivity contribution < 1.29 is 5.11 Å². The number of benzene rings is 1. The molecule has 2 heterocycles. The highest BCUT2D eigenvalue weighted by molar-refractivity contribution is 5.71. The van der Waals surface area contributed by atoms with E-state index in [4.69, 9.17) is 0 Å². The second-order valence-corrected chi connectivity index (χ2v) is 4.22. The minimum Gasteiger partial charge on any atom is -0.508 e. The molecule has 0 fully saturated rings. The van der Waals surface area contributed by atoms with E-state index in [1.807, 2.05) is 41.8 Å². The molecule has 4 nitrogen and oxygen atoms in total. The second kappa shape index (κ2) is 4.14. The van der Waals surface area contributed by atoms with Crippen molar-refractivity contribution in [2.75, 3.05) is 0 Å². The number of aromatic hydroxyl groups is 1. The molecule has 0 saturated heterocycles. The first-order chi connectivity index (χ1) is 8.75. The van der Waals surface area contributed by atoms with E-state index in [1.165, 1.54) is 0 Å². The van der Waals surface area contributed by atoms with E-state index >= 15 is 0 Å². The molecule has 3 aromatic rings. The Morgan fingerprint density at radius 1 is 1.17 bits per heavy atom. The lowest BCUT2D eigenvalue weighted by Crippen LogP contribution is -2.03. The maximum Gasteiger partial charge on any atom is 0.160 e. The molecule has 0 atom stereocenters. The molecule has 1 aromatic carbocycles. The predicted molar refractivity (Wildman–Crippen MR) is 69.5 cm³/mol. The van der Waals surface area contributed by atoms with Crippen molar-refractivity contribution in [2.45, 2.75) is 13.5 Å². The molecule has 90 valence electrons. The molecular formula is C14H13N3O. The monoisotopic (exact) mass is 239 g/mol. The summed E-state index contributed by atoms with van der Waals surface area (Å²) in [6.07, 6.45) is 1.75. The molecule has 0 aliphatic rings. The van der Waals surface area contributed by atoms with Crippen LogP contribution in [0.3, 0.4) is 0 Å². The van der Waals surface area contributed by atoms with Crippen LogP contribution in [-0.2, 0) is 6.54 Å². The third-order valence-electron chi connectivity index (χ3n) is 3.01. The smallest absolute Gasteiger partial charge is 0.160 e. The molecule has 2 aromatic heterocycles. The summed E-state index contributed by atoms with van der Waals surface area (Å²) in [6.45, 7) is 2.52. The summed E-state index contributed by atoms with van der Waals surface area (Å²) in [4.78, 5) is 8.80. The molecule has 0 radical (unpaired) electrons. The number of aryl methyl sites for hydroxylation is 1. The van der Waals surface area contributed by atoms with Crippen molar-refractivity contribution in [3.05, 3.63) is 54.0 Å². The molecule has 4 heteroatoms. The van der Waals surface area contributed by atoms with Crippen LogP contribution in [-0.4, -0.2) is 19.6 Å². The van der Waals surface area contributed by atoms with Crippen molar-refractivity contribution >= 4 is 11.2 Å². The van der Waals surface area contributed by atoms with Crippen LogP contribution in [0.4, 0.5) is 0 Å². The Morgan fingerprint density at radius 3 is 2.83 bits per heavy atom. The van der Waals surface area contributed by atoms with Crippen LogP contribution in [0.1, 0.15) is 11.4 Å². The van der Waals surface area contributed by atoms with Crippen LogP contribution in [0, 0.1) is 6.92 Å². The van der Waals surface area contributed by atoms with Gasteiger partial charge in [-0.05, 0) is 25.1 Å². The Bertz CT molecular complexity index is 703. The van der Waals surface area contributed by atoms with Crippen LogP contribution in [0.5, 0.6) is 5.75 Å². The van der Waals surface area contributed by atoms with Gasteiger partial charge in [-0.1, -0.05) is 18.2 Å². The molecule has 0 unspecified atom stereocenters. The van der Waals surface area contributed by atoms with Gasteiger partial charge in [0.1, 0.15) is 17.1 Å². The zero-order valence-electron chi connectivity index (χ0n) is 10.0. The Labute approximate surface area is 105 Å². The first-order valence-corrected chi connectivity index (χ1v) is 5.80. The molecule has 18 heavy (non-hydrogen) atoms. The number of phenols is 1. The number of imidazole rings is 1. The number of nitrogens with zero attached hydrogens (tertiary/aromatic N) is 3. The van der Waals surface area contributed by atoms with Crippen molar-refractivity contribution in [3.63, 3.8) is 0 Å². The highest BCUT2D eigenvalue weighted by Gasteiger charge is 2.09. The average Bonchev–Trinajstić information content (AvgIpc) is 2.69. The Morgan fingerprint density at radius 2 is 2.00 bits per heavy atom. The Balaban J connectivity index is 2.10. The van der Waals surface area contributed by atoms with Gasteiger partial charge in [0.15, 0.2) is 5.65 Å². The van der Waals surface area contributed by atoms with Gasteiger partial charge >= 0.3 is 0 Å². The largest absolute Gasteiger partial charge is 0.508 e. The predicted octanol–water partition coefficient (Wildman–Crippen LogP) is 2.49. The van der Waals surface area contributed by atoms with E-state index in [9.17, 15) is 5.11 Å². The first-order valence-electron chi connectivity index (χ1n) is 5.80. The van der Waals surface area contributed by atoms with Crippen LogP contribution in [0.25, 0.3) is 11.2 Å². The van der Waals surface area contributed by atoms with Crippen LogP contribution < -0.4 is 0 Å². The third-order valence-corrected chi connectivity index (χ3v) is 3.01. The van der Waals surface area contributed by atoms with Crippen molar-refractivity contribution in [1.82, 2.24) is 14.5 Å². The fourth-order valence-corrected chi connectivity index (χ4v) is 2.08. The molecule has 0 aliphatic carbocycles. The summed E-state index contributed by atoms with van der Waals surface area (Å²) in [6, 6.07) is 11.1. The molecule has 0 amide bonds. The summed E-state index contributed by atoms with van der Waals surface area (Å²) in [5.74, 6) is 1.20. The van der Waals surface area contributed by atoms with E-state index in [1.54, 1.807) is 12.3 Å². The number of para-hydroxylation sites is 1. The summed E-state index contributed by atoms with van der Waals surface area (Å²) in [5.41, 5.74) is 2.59. The highest BCUT2D eigenvalue weighted by Crippen LogP contribution is 2.20. The van der Waals surface area contributed by atoms with Crippen molar-refractivity contribution in [3.8, 4) is 5.75 Å². The van der Waals surface area contributed by atoms with Crippen LogP contribution in [0.15, 0.2) is 42.6 Å². The van der Waals surface area contributed by atoms with E-state index in [2.05, 4.69) is 9.97 Å². The number of hydrogen-bond donors (Lipinski definition) is 1. The number of fused-ring (bicyclic) bond motifs is 1. The maximum atomic E-state index is 9.82. The number of hydrogen-bond acceptors (Lipinski definition) is 3. The summed E-state index contributed by atoms with van der Waals surface area (Å²) in [7, 11) is 0. The van der Waals surface area contributed by atoms with E-state index in [0.29, 0.717) is 12.3 Å². The Kier molecular flexibility index (Phi) is 2.48. The lowest BCUT2D eigenvalue weighted by Gasteiger charge is -2.07. The fourth-order valence-electron chi connectivity index (χ4n) is 2.08. The standard InChI is InChI=1S/C14H13N3O/c1-10-16-12-6-4-8-15-14(12)17(10)9-11-5-2-3-7-13(11)18/h2-8,18H,9H2,1H3. The molecule has 0 saturated carbocycles. The van der Waals surface area contributed by atoms with Gasteiger partial charge < -0.3 is 9.67 Å². The van der Waals surface area contributed by atoms with Crippen molar-refractivity contribution in [2.24, 2.45) is 0 Å². The maximum absolute atomic E-state index is 9.82. The highest BCUT2D eigenvalue weighted by atomic mass is 16.3. The summed E-state index contributed by atoms with van der Waals surface area (Å²) >= 11 is 0. The minimum absolute atomic E-state index is 0.301. The SMILES string of the molecule is Cc1nc2cccnc2n1Cc1ccccc1O. The van der Waals surface area contributed by atoms with Gasteiger partial charge in [-0.3, -0.25) is 0 Å². The Hall–Kier alpha value is -2.36. The lowest BCUT2D eigenvalue weighted by molar-refractivity contribution is 0.466. The van der Waals surface area contributed by atoms with Crippen molar-refractivity contribution in [1.29, 1.82) is 0 Å². The quantitative estimate of drug-likeness (QED) is 0.747. The average molecular weight is 239 g/mol. The summed E-state index contributed by atoms with van der Waals surface area (Å²) in [5, 5.41) is 9.82. The lowest BCUT2D eigenvalue weighted by atomic mass is 10.2.